The van der Waals surface area contributed by atoms with Gasteiger partial charge in [-0.05, 0) is 31.7 Å². The Morgan fingerprint density at radius 1 is 0.673 bits per heavy atom. The Labute approximate surface area is 287 Å². The summed E-state index contributed by atoms with van der Waals surface area (Å²) in [5.74, 6) is -3.79. The van der Waals surface area contributed by atoms with Crippen LogP contribution in [0, 0.1) is 0 Å². The number of hydrogen-bond acceptors (Lipinski definition) is 11. The van der Waals surface area contributed by atoms with Gasteiger partial charge in [-0.3, -0.25) is 48.4 Å². The Morgan fingerprint density at radius 2 is 1.14 bits per heavy atom. The molecule has 1 fully saturated rings. The van der Waals surface area contributed by atoms with Crippen LogP contribution in [0.2, 0.25) is 0 Å². The Bertz CT molecular complexity index is 1170. The van der Waals surface area contributed by atoms with Crippen molar-refractivity contribution < 1.29 is 48.8 Å². The van der Waals surface area contributed by atoms with Gasteiger partial charge in [0.25, 0.3) is 0 Å². The van der Waals surface area contributed by atoms with E-state index in [2.05, 4.69) is 10.6 Å². The second-order valence-corrected chi connectivity index (χ2v) is 12.2. The Balaban J connectivity index is 1.77. The van der Waals surface area contributed by atoms with E-state index in [0.717, 1.165) is 5.56 Å². The van der Waals surface area contributed by atoms with E-state index in [1.807, 2.05) is 35.2 Å². The van der Waals surface area contributed by atoms with Crippen LogP contribution in [-0.2, 0) is 40.1 Å². The van der Waals surface area contributed by atoms with Crippen LogP contribution in [0.3, 0.4) is 0 Å². The summed E-state index contributed by atoms with van der Waals surface area (Å²) in [6.07, 6.45) is 2.10. The summed E-state index contributed by atoms with van der Waals surface area (Å²) in [5.41, 5.74) is 0.921. The standard InChI is InChI=1S/C33H52N6O10/c1-26(10-11-28(40)34-12-6-5-9-33(48)49-25-27-7-3-2-4-8-27)35-29(41)21-36-13-15-37(22-30(42)43)17-19-39(24-32(46)47)20-18-38(16-14-36)23-31(44)45/h2-4,7-8,26H,5-6,9-25H2,1H3,(H,34,40)(H,35,41)(H,42,43)(H,44,45)(H,46,47)/t26-/m0/s1. The molecule has 1 aromatic rings. The highest BCUT2D eigenvalue weighted by molar-refractivity contribution is 5.79. The van der Waals surface area contributed by atoms with Gasteiger partial charge in [-0.2, -0.15) is 0 Å². The number of nitrogens with zero attached hydrogens (tertiary/aromatic N) is 4. The van der Waals surface area contributed by atoms with Crippen molar-refractivity contribution in [2.24, 2.45) is 0 Å². The van der Waals surface area contributed by atoms with Gasteiger partial charge < -0.3 is 30.7 Å². The normalized spacial score (nSPS) is 16.4. The second-order valence-electron chi connectivity index (χ2n) is 12.2. The highest BCUT2D eigenvalue weighted by Gasteiger charge is 2.21. The predicted molar refractivity (Wildman–Crippen MR) is 179 cm³/mol. The van der Waals surface area contributed by atoms with Gasteiger partial charge in [-0.1, -0.05) is 30.3 Å². The number of carbonyl (C=O) groups is 6. The summed E-state index contributed by atoms with van der Waals surface area (Å²) < 4.78 is 5.25. The number of nitrogens with one attached hydrogen (secondary N) is 2. The number of carboxylic acid groups (broad SMARTS) is 3. The lowest BCUT2D eigenvalue weighted by Gasteiger charge is -2.33. The SMILES string of the molecule is C[C@@H](CCC(=O)NCCCCC(=O)OCc1ccccc1)NC(=O)CN1CCN(CC(=O)O)CCN(CC(=O)O)CCN(CC(=O)O)CC1. The van der Waals surface area contributed by atoms with Crippen molar-refractivity contribution >= 4 is 35.7 Å². The molecule has 16 heteroatoms. The molecule has 1 aromatic carbocycles. The molecule has 2 amide bonds. The number of unbranched alkanes of at least 4 members (excludes halogenated alkanes) is 1. The van der Waals surface area contributed by atoms with Gasteiger partial charge in [0, 0.05) is 77.8 Å². The molecule has 1 saturated heterocycles. The van der Waals surface area contributed by atoms with Gasteiger partial charge in [0.05, 0.1) is 26.2 Å². The molecule has 0 spiro atoms. The van der Waals surface area contributed by atoms with Crippen LogP contribution in [-0.4, -0.2) is 162 Å². The van der Waals surface area contributed by atoms with E-state index < -0.39 is 17.9 Å². The summed E-state index contributed by atoms with van der Waals surface area (Å²) in [6, 6.07) is 9.13. The molecule has 1 aliphatic rings. The number of hydrogen-bond donors (Lipinski definition) is 5. The van der Waals surface area contributed by atoms with Gasteiger partial charge in [0.15, 0.2) is 0 Å². The maximum absolute atomic E-state index is 13.0. The molecule has 1 atom stereocenters. The molecule has 2 rings (SSSR count). The molecular weight excluding hydrogens is 640 g/mol. The highest BCUT2D eigenvalue weighted by atomic mass is 16.5. The van der Waals surface area contributed by atoms with Crippen LogP contribution in [0.25, 0.3) is 0 Å². The predicted octanol–water partition coefficient (Wildman–Crippen LogP) is -0.223. The van der Waals surface area contributed by atoms with E-state index >= 15 is 0 Å². The zero-order valence-corrected chi connectivity index (χ0v) is 28.4. The third-order valence-corrected chi connectivity index (χ3v) is 7.96. The van der Waals surface area contributed by atoms with Gasteiger partial charge in [0.2, 0.25) is 11.8 Å². The van der Waals surface area contributed by atoms with Crippen LogP contribution in [0.5, 0.6) is 0 Å². The summed E-state index contributed by atoms with van der Waals surface area (Å²) >= 11 is 0. The van der Waals surface area contributed by atoms with Crippen LogP contribution in [0.1, 0.15) is 44.6 Å². The molecule has 0 aromatic heterocycles. The first kappa shape index (κ1) is 41.1. The molecule has 274 valence electrons. The Hall–Kier alpha value is -4.12. The Kier molecular flexibility index (Phi) is 19.5. The third kappa shape index (κ3) is 20.1. The number of amides is 2. The third-order valence-electron chi connectivity index (χ3n) is 7.96. The number of benzene rings is 1. The second kappa shape index (κ2) is 23.3. The molecule has 1 aliphatic heterocycles. The fourth-order valence-corrected chi connectivity index (χ4v) is 5.25. The Morgan fingerprint density at radius 3 is 1.61 bits per heavy atom. The zero-order chi connectivity index (χ0) is 36.0. The number of carboxylic acids is 3. The van der Waals surface area contributed by atoms with E-state index in [9.17, 15) is 44.1 Å². The summed E-state index contributed by atoms with van der Waals surface area (Å²) in [5, 5.41) is 33.8. The maximum Gasteiger partial charge on any atom is 0.317 e. The van der Waals surface area contributed by atoms with E-state index in [0.29, 0.717) is 65.1 Å². The van der Waals surface area contributed by atoms with Crippen molar-refractivity contribution in [2.75, 3.05) is 85.1 Å². The van der Waals surface area contributed by atoms with Crippen molar-refractivity contribution in [1.82, 2.24) is 30.2 Å². The molecule has 0 saturated carbocycles. The smallest absolute Gasteiger partial charge is 0.317 e. The summed E-state index contributed by atoms with van der Waals surface area (Å²) in [4.78, 5) is 78.4. The molecule has 0 bridgehead atoms. The largest absolute Gasteiger partial charge is 0.480 e. The minimum absolute atomic E-state index is 0.00270. The number of aliphatic carboxylic acids is 3. The van der Waals surface area contributed by atoms with Crippen molar-refractivity contribution in [3.63, 3.8) is 0 Å². The first-order valence-electron chi connectivity index (χ1n) is 16.7. The zero-order valence-electron chi connectivity index (χ0n) is 28.4. The molecular formula is C33H52N6O10. The van der Waals surface area contributed by atoms with Crippen molar-refractivity contribution in [3.05, 3.63) is 35.9 Å². The van der Waals surface area contributed by atoms with Crippen LogP contribution < -0.4 is 10.6 Å². The number of carbonyl (C=O) groups excluding carboxylic acids is 3. The van der Waals surface area contributed by atoms with Gasteiger partial charge in [-0.15, -0.1) is 0 Å². The van der Waals surface area contributed by atoms with Gasteiger partial charge in [0.1, 0.15) is 6.61 Å². The van der Waals surface area contributed by atoms with Crippen LogP contribution in [0.15, 0.2) is 30.3 Å². The molecule has 1 heterocycles. The van der Waals surface area contributed by atoms with E-state index in [-0.39, 0.29) is 82.5 Å². The van der Waals surface area contributed by atoms with Gasteiger partial charge in [-0.25, -0.2) is 0 Å². The maximum atomic E-state index is 13.0. The lowest BCUT2D eigenvalue weighted by molar-refractivity contribution is -0.145. The first-order valence-corrected chi connectivity index (χ1v) is 16.7. The van der Waals surface area contributed by atoms with Crippen molar-refractivity contribution in [3.8, 4) is 0 Å². The molecule has 0 radical (unpaired) electrons. The summed E-state index contributed by atoms with van der Waals surface area (Å²) in [7, 11) is 0. The van der Waals surface area contributed by atoms with Gasteiger partial charge >= 0.3 is 23.9 Å². The highest BCUT2D eigenvalue weighted by Crippen LogP contribution is 2.05. The van der Waals surface area contributed by atoms with E-state index in [4.69, 9.17) is 4.74 Å². The molecule has 0 aliphatic carbocycles. The number of rotatable bonds is 19. The summed E-state index contributed by atoms with van der Waals surface area (Å²) in [6.45, 7) is 4.17. The lowest BCUT2D eigenvalue weighted by atomic mass is 10.1. The lowest BCUT2D eigenvalue weighted by Crippen LogP contribution is -2.50. The average molecular weight is 693 g/mol. The van der Waals surface area contributed by atoms with Crippen LogP contribution in [0.4, 0.5) is 0 Å². The quantitative estimate of drug-likeness (QED) is 0.0938. The average Bonchev–Trinajstić information content (AvgIpc) is 3.03. The number of ether oxygens (including phenoxy) is 1. The van der Waals surface area contributed by atoms with E-state index in [1.54, 1.807) is 21.6 Å². The minimum Gasteiger partial charge on any atom is -0.480 e. The topological polar surface area (TPSA) is 209 Å². The molecule has 5 N–H and O–H groups in total. The first-order chi connectivity index (χ1) is 23.4. The molecule has 0 unspecified atom stereocenters. The minimum atomic E-state index is -1.03. The van der Waals surface area contributed by atoms with E-state index in [1.165, 1.54) is 0 Å². The fourth-order valence-electron chi connectivity index (χ4n) is 5.25. The monoisotopic (exact) mass is 692 g/mol. The number of esters is 1. The molecule has 16 nitrogen and oxygen atoms in total. The van der Waals surface area contributed by atoms with Crippen molar-refractivity contribution in [1.29, 1.82) is 0 Å². The van der Waals surface area contributed by atoms with Crippen LogP contribution >= 0.6 is 0 Å². The van der Waals surface area contributed by atoms with Crippen molar-refractivity contribution in [2.45, 2.75) is 51.7 Å². The molecule has 49 heavy (non-hydrogen) atoms. The fraction of sp³-hybridized carbons (Fsp3) is 0.636.